The van der Waals surface area contributed by atoms with Gasteiger partial charge in [0.1, 0.15) is 0 Å². The average molecular weight is 400 g/mol. The second kappa shape index (κ2) is 9.59. The van der Waals surface area contributed by atoms with E-state index in [-0.39, 0.29) is 24.0 Å². The Hall–Kier alpha value is 0.705. The summed E-state index contributed by atoms with van der Waals surface area (Å²) < 4.78 is 32.8. The molecule has 1 aliphatic rings. The summed E-state index contributed by atoms with van der Waals surface area (Å²) >= 11 is 5.09. The van der Waals surface area contributed by atoms with Gasteiger partial charge in [-0.05, 0) is 43.3 Å². The summed E-state index contributed by atoms with van der Waals surface area (Å²) in [7, 11) is 5.15. The molecule has 7 nitrogen and oxygen atoms in total. The van der Waals surface area contributed by atoms with Gasteiger partial charge in [-0.3, -0.25) is 4.57 Å². The van der Waals surface area contributed by atoms with Gasteiger partial charge in [0, 0.05) is 14.2 Å². The molecule has 1 rings (SSSR count). The Kier molecular flexibility index (Phi) is 9.08. The Labute approximate surface area is 150 Å². The number of ether oxygens (including phenoxy) is 1. The molecule has 0 spiro atoms. The number of hydrogen-bond donors (Lipinski definition) is 2. The van der Waals surface area contributed by atoms with Gasteiger partial charge in [0.25, 0.3) is 0 Å². The standard InChI is InChI=1S/C13H27BO7P2S/c1-5-9(2)20-23(17,24)21-12-10(6-7-22(15,16)19-4)8-11(14)13(12)18-3/h9-13H,5-8H2,1-4H3,(H,15,16)(H,17,24)/t9?,10-,11+,12+,13-,23?/m0/s1. The van der Waals surface area contributed by atoms with Gasteiger partial charge < -0.3 is 28.1 Å². The fraction of sp³-hybridized carbons (Fsp3) is 1.00. The van der Waals surface area contributed by atoms with Crippen LogP contribution in [0, 0.1) is 5.92 Å². The summed E-state index contributed by atoms with van der Waals surface area (Å²) in [5, 5.41) is 0. The first kappa shape index (κ1) is 22.7. The minimum atomic E-state index is -3.63. The Bertz CT molecular complexity index is 495. The fourth-order valence-electron chi connectivity index (χ4n) is 2.77. The quantitative estimate of drug-likeness (QED) is 0.427. The third-order valence-electron chi connectivity index (χ3n) is 4.27. The fourth-order valence-corrected chi connectivity index (χ4v) is 5.60. The Morgan fingerprint density at radius 3 is 2.46 bits per heavy atom. The number of methoxy groups -OCH3 is 1. The van der Waals surface area contributed by atoms with E-state index < -0.39 is 26.5 Å². The van der Waals surface area contributed by atoms with Crippen LogP contribution in [-0.2, 0) is 34.7 Å². The van der Waals surface area contributed by atoms with Crippen LogP contribution < -0.4 is 0 Å². The van der Waals surface area contributed by atoms with Gasteiger partial charge in [0.2, 0.25) is 0 Å². The maximum atomic E-state index is 11.7. The molecule has 1 saturated carbocycles. The molecule has 0 aliphatic heterocycles. The molecule has 7 atom stereocenters. The van der Waals surface area contributed by atoms with E-state index in [1.807, 2.05) is 6.92 Å². The van der Waals surface area contributed by atoms with Gasteiger partial charge in [-0.2, -0.15) is 0 Å². The topological polar surface area (TPSA) is 94.5 Å². The van der Waals surface area contributed by atoms with Crippen molar-refractivity contribution in [2.75, 3.05) is 20.4 Å². The predicted octanol–water partition coefficient (Wildman–Crippen LogP) is 2.62. The van der Waals surface area contributed by atoms with E-state index >= 15 is 0 Å². The zero-order chi connectivity index (χ0) is 18.5. The summed E-state index contributed by atoms with van der Waals surface area (Å²) in [6.07, 6.45) is 0.237. The largest absolute Gasteiger partial charge is 0.379 e. The molecular formula is C13H27BO7P2S. The highest BCUT2D eigenvalue weighted by Gasteiger charge is 2.45. The molecule has 1 aliphatic carbocycles. The molecule has 0 aromatic rings. The maximum absolute atomic E-state index is 11.7. The first-order chi connectivity index (χ1) is 11.0. The highest BCUT2D eigenvalue weighted by Crippen LogP contribution is 2.53. The highest BCUT2D eigenvalue weighted by molar-refractivity contribution is 8.07. The van der Waals surface area contributed by atoms with E-state index in [4.69, 9.17) is 33.4 Å². The molecule has 1 fully saturated rings. The average Bonchev–Trinajstić information content (AvgIpc) is 2.79. The molecule has 24 heavy (non-hydrogen) atoms. The van der Waals surface area contributed by atoms with Crippen molar-refractivity contribution in [3.8, 4) is 0 Å². The first-order valence-corrected chi connectivity index (χ1v) is 12.3. The van der Waals surface area contributed by atoms with Crippen molar-refractivity contribution in [3.63, 3.8) is 0 Å². The molecule has 0 bridgehead atoms. The van der Waals surface area contributed by atoms with Crippen LogP contribution in [0.2, 0.25) is 5.82 Å². The van der Waals surface area contributed by atoms with Gasteiger partial charge in [-0.15, -0.1) is 0 Å². The van der Waals surface area contributed by atoms with Gasteiger partial charge in [0.15, 0.2) is 0 Å². The molecule has 2 radical (unpaired) electrons. The Morgan fingerprint density at radius 2 is 1.96 bits per heavy atom. The number of rotatable bonds is 10. The van der Waals surface area contributed by atoms with Crippen LogP contribution in [0.1, 0.15) is 33.1 Å². The second-order valence-corrected chi connectivity index (χ2v) is 10.9. The first-order valence-electron chi connectivity index (χ1n) is 7.90. The SMILES string of the molecule is [B][C@@H]1C[C@H](CCP(=O)(O)OC)[C@@H](OP(O)(=S)OC(C)CC)[C@H]1OC. The lowest BCUT2D eigenvalue weighted by Gasteiger charge is -2.30. The summed E-state index contributed by atoms with van der Waals surface area (Å²) in [5.41, 5.74) is 0. The van der Waals surface area contributed by atoms with Crippen molar-refractivity contribution in [2.45, 2.75) is 57.2 Å². The lowest BCUT2D eigenvalue weighted by Crippen LogP contribution is -2.32. The predicted molar refractivity (Wildman–Crippen MR) is 96.9 cm³/mol. The van der Waals surface area contributed by atoms with Crippen LogP contribution in [0.5, 0.6) is 0 Å². The van der Waals surface area contributed by atoms with Crippen LogP contribution in [-0.4, -0.2) is 56.3 Å². The lowest BCUT2D eigenvalue weighted by molar-refractivity contribution is -0.00716. The summed E-state index contributed by atoms with van der Waals surface area (Å²) in [6, 6.07) is 0. The van der Waals surface area contributed by atoms with E-state index in [2.05, 4.69) is 4.52 Å². The summed E-state index contributed by atoms with van der Waals surface area (Å²) in [4.78, 5) is 19.9. The minimum Gasteiger partial charge on any atom is -0.379 e. The van der Waals surface area contributed by atoms with Crippen LogP contribution in [0.25, 0.3) is 0 Å². The monoisotopic (exact) mass is 400 g/mol. The molecular weight excluding hydrogens is 373 g/mol. The zero-order valence-electron chi connectivity index (χ0n) is 14.5. The van der Waals surface area contributed by atoms with E-state index in [0.29, 0.717) is 19.3 Å². The maximum Gasteiger partial charge on any atom is 0.327 e. The summed E-state index contributed by atoms with van der Waals surface area (Å²) in [5.74, 6) is -0.500. The van der Waals surface area contributed by atoms with Gasteiger partial charge in [-0.25, -0.2) is 0 Å². The van der Waals surface area contributed by atoms with E-state index in [0.717, 1.165) is 0 Å². The molecule has 140 valence electrons. The molecule has 0 aromatic heterocycles. The molecule has 3 unspecified atom stereocenters. The van der Waals surface area contributed by atoms with Crippen molar-refractivity contribution < 1.29 is 32.7 Å². The lowest BCUT2D eigenvalue weighted by atomic mass is 9.83. The summed E-state index contributed by atoms with van der Waals surface area (Å²) in [6.45, 7) is 0.246. The third kappa shape index (κ3) is 6.78. The van der Waals surface area contributed by atoms with Crippen molar-refractivity contribution >= 4 is 34.0 Å². The third-order valence-corrected chi connectivity index (χ3v) is 7.31. The van der Waals surface area contributed by atoms with Gasteiger partial charge in [0.05, 0.1) is 32.3 Å². The zero-order valence-corrected chi connectivity index (χ0v) is 17.1. The highest BCUT2D eigenvalue weighted by atomic mass is 32.5. The Balaban J connectivity index is 2.83. The van der Waals surface area contributed by atoms with Crippen LogP contribution in [0.4, 0.5) is 0 Å². The van der Waals surface area contributed by atoms with E-state index in [1.54, 1.807) is 6.92 Å². The Morgan fingerprint density at radius 1 is 1.33 bits per heavy atom. The van der Waals surface area contributed by atoms with Crippen molar-refractivity contribution in [3.05, 3.63) is 0 Å². The van der Waals surface area contributed by atoms with Gasteiger partial charge in [-0.1, -0.05) is 13.3 Å². The number of hydrogen-bond acceptors (Lipinski definition) is 6. The molecule has 0 heterocycles. The minimum absolute atomic E-state index is 0.0301. The smallest absolute Gasteiger partial charge is 0.327 e. The van der Waals surface area contributed by atoms with Crippen LogP contribution >= 0.6 is 14.3 Å². The molecule has 2 N–H and O–H groups in total. The van der Waals surface area contributed by atoms with Crippen molar-refractivity contribution in [1.82, 2.24) is 0 Å². The molecule has 0 amide bonds. The van der Waals surface area contributed by atoms with Crippen molar-refractivity contribution in [2.24, 2.45) is 5.92 Å². The van der Waals surface area contributed by atoms with Crippen LogP contribution in [0.15, 0.2) is 0 Å². The van der Waals surface area contributed by atoms with Gasteiger partial charge >= 0.3 is 14.3 Å². The van der Waals surface area contributed by atoms with Crippen molar-refractivity contribution in [1.29, 1.82) is 0 Å². The normalized spacial score (nSPS) is 33.8. The molecule has 0 saturated heterocycles. The van der Waals surface area contributed by atoms with Crippen LogP contribution in [0.3, 0.4) is 0 Å². The molecule has 11 heteroatoms. The van der Waals surface area contributed by atoms with E-state index in [9.17, 15) is 14.4 Å². The molecule has 0 aromatic carbocycles. The van der Waals surface area contributed by atoms with E-state index in [1.165, 1.54) is 14.2 Å². The second-order valence-electron chi connectivity index (χ2n) is 6.06.